The maximum atomic E-state index is 12.2. The van der Waals surface area contributed by atoms with Crippen LogP contribution in [0.1, 0.15) is 37.1 Å². The van der Waals surface area contributed by atoms with Crippen LogP contribution < -0.4 is 5.56 Å². The van der Waals surface area contributed by atoms with Gasteiger partial charge in [0.1, 0.15) is 5.82 Å². The minimum atomic E-state index is -0.0348. The number of aromatic nitrogens is 2. The molecular weight excluding hydrogens is 296 g/mol. The molecule has 1 N–H and O–H groups in total. The summed E-state index contributed by atoms with van der Waals surface area (Å²) in [7, 11) is 1.80. The monoisotopic (exact) mass is 318 g/mol. The zero-order chi connectivity index (χ0) is 15.5. The lowest BCUT2D eigenvalue weighted by atomic mass is 9.97. The number of para-hydroxylation sites is 1. The summed E-state index contributed by atoms with van der Waals surface area (Å²) in [6.07, 6.45) is 5.06. The number of benzene rings is 1. The summed E-state index contributed by atoms with van der Waals surface area (Å²) in [5, 5.41) is 1.32. The highest BCUT2D eigenvalue weighted by molar-refractivity contribution is 7.99. The fraction of sp³-hybridized carbons (Fsp3) is 0.529. The molecule has 2 aromatic rings. The molecule has 118 valence electrons. The molecule has 0 saturated heterocycles. The fourth-order valence-corrected chi connectivity index (χ4v) is 4.19. The standard InChI is InChI=1S/C17H22N2O2S/c1-11-4-3-5-14-16(11)18-15(19-17(14)20)10-22-13-8-6-12(21-2)7-9-13/h3-5,12-13H,6-10H2,1-2H3,(H,18,19,20)/t12-,13-. The van der Waals surface area contributed by atoms with Crippen LogP contribution in [-0.2, 0) is 10.5 Å². The molecule has 0 radical (unpaired) electrons. The molecule has 0 bridgehead atoms. The van der Waals surface area contributed by atoms with Crippen LogP contribution in [0.2, 0.25) is 0 Å². The molecule has 1 saturated carbocycles. The minimum absolute atomic E-state index is 0.0348. The minimum Gasteiger partial charge on any atom is -0.381 e. The van der Waals surface area contributed by atoms with E-state index in [2.05, 4.69) is 9.97 Å². The Bertz CT molecular complexity index is 705. The number of nitrogens with one attached hydrogen (secondary N) is 1. The van der Waals surface area contributed by atoms with Crippen LogP contribution in [-0.4, -0.2) is 28.4 Å². The number of nitrogens with zero attached hydrogens (tertiary/aromatic N) is 1. The summed E-state index contributed by atoms with van der Waals surface area (Å²) >= 11 is 1.90. The highest BCUT2D eigenvalue weighted by Gasteiger charge is 2.21. The summed E-state index contributed by atoms with van der Waals surface area (Å²) in [4.78, 5) is 19.7. The number of hydrogen-bond acceptors (Lipinski definition) is 4. The third-order valence-corrected chi connectivity index (χ3v) is 5.78. The molecule has 1 aromatic carbocycles. The Morgan fingerprint density at radius 1 is 1.32 bits per heavy atom. The lowest BCUT2D eigenvalue weighted by molar-refractivity contribution is 0.0723. The quantitative estimate of drug-likeness (QED) is 0.938. The Kier molecular flexibility index (Phi) is 4.84. The molecule has 22 heavy (non-hydrogen) atoms. The van der Waals surface area contributed by atoms with Gasteiger partial charge in [0.2, 0.25) is 0 Å². The van der Waals surface area contributed by atoms with E-state index < -0.39 is 0 Å². The summed E-state index contributed by atoms with van der Waals surface area (Å²) in [6.45, 7) is 2.00. The van der Waals surface area contributed by atoms with Crippen molar-refractivity contribution in [2.45, 2.75) is 49.7 Å². The maximum Gasteiger partial charge on any atom is 0.258 e. The van der Waals surface area contributed by atoms with E-state index in [1.54, 1.807) is 7.11 Å². The molecule has 1 fully saturated rings. The number of aryl methyl sites for hydroxylation is 1. The number of hydrogen-bond donors (Lipinski definition) is 1. The number of rotatable bonds is 4. The normalized spacial score (nSPS) is 22.1. The van der Waals surface area contributed by atoms with Gasteiger partial charge < -0.3 is 9.72 Å². The molecule has 1 heterocycles. The Hall–Kier alpha value is -1.33. The van der Waals surface area contributed by atoms with E-state index in [1.807, 2.05) is 36.9 Å². The summed E-state index contributed by atoms with van der Waals surface area (Å²) in [6, 6.07) is 5.73. The molecule has 0 amide bonds. The van der Waals surface area contributed by atoms with E-state index in [0.29, 0.717) is 16.7 Å². The number of fused-ring (bicyclic) bond motifs is 1. The molecule has 0 spiro atoms. The van der Waals surface area contributed by atoms with Gasteiger partial charge in [0.25, 0.3) is 5.56 Å². The Morgan fingerprint density at radius 3 is 2.82 bits per heavy atom. The van der Waals surface area contributed by atoms with Gasteiger partial charge in [0.15, 0.2) is 0 Å². The second-order valence-corrected chi connectivity index (χ2v) is 7.22. The van der Waals surface area contributed by atoms with Crippen LogP contribution in [0.3, 0.4) is 0 Å². The van der Waals surface area contributed by atoms with E-state index in [0.717, 1.165) is 35.5 Å². The number of thioether (sulfide) groups is 1. The number of methoxy groups -OCH3 is 1. The third kappa shape index (κ3) is 3.36. The van der Waals surface area contributed by atoms with Crippen molar-refractivity contribution in [3.63, 3.8) is 0 Å². The van der Waals surface area contributed by atoms with Gasteiger partial charge >= 0.3 is 0 Å². The molecule has 3 rings (SSSR count). The van der Waals surface area contributed by atoms with Gasteiger partial charge in [-0.15, -0.1) is 0 Å². The van der Waals surface area contributed by atoms with Gasteiger partial charge in [-0.3, -0.25) is 4.79 Å². The molecule has 1 aliphatic carbocycles. The predicted octanol–water partition coefficient (Wildman–Crippen LogP) is 3.42. The largest absolute Gasteiger partial charge is 0.381 e. The zero-order valence-electron chi connectivity index (χ0n) is 13.1. The molecule has 0 unspecified atom stereocenters. The van der Waals surface area contributed by atoms with Crippen molar-refractivity contribution in [3.05, 3.63) is 39.9 Å². The van der Waals surface area contributed by atoms with Crippen molar-refractivity contribution in [1.29, 1.82) is 0 Å². The SMILES string of the molecule is CO[C@H]1CC[C@H](SCc2nc3c(C)cccc3c(=O)[nH]2)CC1. The van der Waals surface area contributed by atoms with Crippen molar-refractivity contribution in [1.82, 2.24) is 9.97 Å². The average Bonchev–Trinajstić information content (AvgIpc) is 2.54. The van der Waals surface area contributed by atoms with Crippen molar-refractivity contribution in [2.24, 2.45) is 0 Å². The van der Waals surface area contributed by atoms with Crippen LogP contribution in [0.4, 0.5) is 0 Å². The molecule has 1 aliphatic rings. The van der Waals surface area contributed by atoms with Gasteiger partial charge in [0.05, 0.1) is 22.8 Å². The first-order chi connectivity index (χ1) is 10.7. The lowest BCUT2D eigenvalue weighted by Crippen LogP contribution is -2.22. The summed E-state index contributed by atoms with van der Waals surface area (Å²) < 4.78 is 5.41. The lowest BCUT2D eigenvalue weighted by Gasteiger charge is -2.26. The summed E-state index contributed by atoms with van der Waals surface area (Å²) in [5.74, 6) is 1.55. The third-order valence-electron chi connectivity index (χ3n) is 4.40. The highest BCUT2D eigenvalue weighted by atomic mass is 32.2. The van der Waals surface area contributed by atoms with Crippen molar-refractivity contribution >= 4 is 22.7 Å². The molecule has 5 heteroatoms. The predicted molar refractivity (Wildman–Crippen MR) is 91.4 cm³/mol. The molecule has 1 aromatic heterocycles. The Labute approximate surface area is 134 Å². The van der Waals surface area contributed by atoms with E-state index in [-0.39, 0.29) is 5.56 Å². The zero-order valence-corrected chi connectivity index (χ0v) is 13.9. The molecule has 0 aliphatic heterocycles. The van der Waals surface area contributed by atoms with E-state index in [1.165, 1.54) is 12.8 Å². The highest BCUT2D eigenvalue weighted by Crippen LogP contribution is 2.31. The second kappa shape index (κ2) is 6.84. The molecule has 4 nitrogen and oxygen atoms in total. The first kappa shape index (κ1) is 15.6. The molecular formula is C17H22N2O2S. The first-order valence-electron chi connectivity index (χ1n) is 7.80. The van der Waals surface area contributed by atoms with E-state index in [4.69, 9.17) is 4.74 Å². The number of aromatic amines is 1. The van der Waals surface area contributed by atoms with Crippen molar-refractivity contribution in [2.75, 3.05) is 7.11 Å². The number of H-pyrrole nitrogens is 1. The average molecular weight is 318 g/mol. The number of ether oxygens (including phenoxy) is 1. The molecule has 0 atom stereocenters. The van der Waals surface area contributed by atoms with Gasteiger partial charge in [-0.25, -0.2) is 4.98 Å². The van der Waals surface area contributed by atoms with Gasteiger partial charge in [0, 0.05) is 12.4 Å². The van der Waals surface area contributed by atoms with Crippen LogP contribution in [0.15, 0.2) is 23.0 Å². The Morgan fingerprint density at radius 2 is 2.09 bits per heavy atom. The Balaban J connectivity index is 1.70. The second-order valence-electron chi connectivity index (χ2n) is 5.93. The van der Waals surface area contributed by atoms with Crippen LogP contribution in [0, 0.1) is 6.92 Å². The fourth-order valence-electron chi connectivity index (χ4n) is 3.05. The van der Waals surface area contributed by atoms with Crippen LogP contribution in [0.5, 0.6) is 0 Å². The smallest absolute Gasteiger partial charge is 0.258 e. The van der Waals surface area contributed by atoms with Crippen LogP contribution >= 0.6 is 11.8 Å². The first-order valence-corrected chi connectivity index (χ1v) is 8.85. The van der Waals surface area contributed by atoms with E-state index in [9.17, 15) is 4.79 Å². The van der Waals surface area contributed by atoms with Gasteiger partial charge in [-0.05, 0) is 44.2 Å². The van der Waals surface area contributed by atoms with E-state index >= 15 is 0 Å². The van der Waals surface area contributed by atoms with Crippen molar-refractivity contribution in [3.8, 4) is 0 Å². The topological polar surface area (TPSA) is 55.0 Å². The summed E-state index contributed by atoms with van der Waals surface area (Å²) in [5.41, 5.74) is 1.84. The van der Waals surface area contributed by atoms with Gasteiger partial charge in [-0.2, -0.15) is 11.8 Å². The van der Waals surface area contributed by atoms with Crippen LogP contribution in [0.25, 0.3) is 10.9 Å². The maximum absolute atomic E-state index is 12.2. The van der Waals surface area contributed by atoms with Crippen molar-refractivity contribution < 1.29 is 4.74 Å². The van der Waals surface area contributed by atoms with Gasteiger partial charge in [-0.1, -0.05) is 12.1 Å².